The zero-order valence-corrected chi connectivity index (χ0v) is 55.2. The summed E-state index contributed by atoms with van der Waals surface area (Å²) in [7, 11) is -3.32. The molecule has 11 aromatic rings. The third-order valence-electron chi connectivity index (χ3n) is 18.8. The van der Waals surface area contributed by atoms with Crippen LogP contribution < -0.4 is 31.1 Å². The molecule has 11 rings (SSSR count). The molecule has 1 amide bonds. The number of hydrogen-bond acceptors (Lipinski definition) is 10. The first-order valence-electron chi connectivity index (χ1n) is 33.3. The van der Waals surface area contributed by atoms with Crippen LogP contribution in [0.15, 0.2) is 205 Å². The van der Waals surface area contributed by atoms with Gasteiger partial charge in [-0.1, -0.05) is 134 Å². The van der Waals surface area contributed by atoms with Crippen molar-refractivity contribution in [2.75, 3.05) is 50.7 Å². The topological polar surface area (TPSA) is 153 Å². The molecule has 0 unspecified atom stereocenters. The predicted octanol–water partition coefficient (Wildman–Crippen LogP) is 13.0. The molecule has 0 spiro atoms. The fourth-order valence-electron chi connectivity index (χ4n) is 13.7. The van der Waals surface area contributed by atoms with Gasteiger partial charge in [-0.2, -0.15) is 0 Å². The number of nitrogens with zero attached hydrogens (tertiary/aromatic N) is 4. The van der Waals surface area contributed by atoms with Crippen LogP contribution in [-0.4, -0.2) is 102 Å². The van der Waals surface area contributed by atoms with Gasteiger partial charge in [0.2, 0.25) is 11.3 Å². The smallest absolute Gasteiger partial charge is 0.455 e. The molecule has 0 aliphatic carbocycles. The number of Topliss-reactive ketones (excluding diaryl/α,β-unsaturated/α-hetero) is 1. The second kappa shape index (κ2) is 30.0. The van der Waals surface area contributed by atoms with Gasteiger partial charge in [0.25, 0.3) is 0 Å². The number of fused-ring (bicyclic) bond motifs is 8. The molecule has 1 heterocycles. The standard InChI is InChI=1S/C80H85B2N5O7/c1-9-86(10-2)62-36-41-64-58(46-62)34-39-69-77(70-40-35-59-47-63(87(11-3)12-4)37-42-65(59)79(70)94-78(64)69)56-31-29-55(30-32-56)57-33-38-68-71(48-57)73(52-84(44-20-19-28-76(88)53(5)6)49-60-22-13-17-26-74(60)81(90)91)67-25-16-15-24-66(67)72(68)51-85(45-21-43-83-80(89)54(7)8)50-61-23-14-18-27-75(61)82(92)93/h13-18,22-27,29-42,46-48,90-93H,5,7,9-12,19-21,28,43-45,49-52H2,1-4,6,8H3/p+1. The van der Waals surface area contributed by atoms with Gasteiger partial charge >= 0.3 is 14.2 Å². The molecular formula is C80H86B2N5O7+. The fraction of sp³-hybridized carbons (Fsp3) is 0.263. The molecule has 478 valence electrons. The number of rotatable bonds is 28. The average molecular weight is 1250 g/mol. The largest absolute Gasteiger partial charge is 0.488 e. The normalized spacial score (nSPS) is 11.7. The minimum Gasteiger partial charge on any atom is -0.455 e. The lowest BCUT2D eigenvalue weighted by atomic mass is 9.77. The number of amides is 1. The highest BCUT2D eigenvalue weighted by molar-refractivity contribution is 6.59. The van der Waals surface area contributed by atoms with Gasteiger partial charge in [0, 0.05) is 109 Å². The maximum Gasteiger partial charge on any atom is 0.488 e. The van der Waals surface area contributed by atoms with Crippen LogP contribution in [0, 0.1) is 0 Å². The number of nitrogens with one attached hydrogen (secondary N) is 1. The molecule has 14 heteroatoms. The highest BCUT2D eigenvalue weighted by Gasteiger charge is 2.25. The van der Waals surface area contributed by atoms with Gasteiger partial charge < -0.3 is 34.7 Å². The van der Waals surface area contributed by atoms with Crippen LogP contribution in [0.1, 0.15) is 89.5 Å². The lowest BCUT2D eigenvalue weighted by Crippen LogP contribution is -2.36. The van der Waals surface area contributed by atoms with Crippen molar-refractivity contribution >= 4 is 108 Å². The van der Waals surface area contributed by atoms with Gasteiger partial charge in [0.15, 0.2) is 5.78 Å². The Balaban J connectivity index is 1.08. The molecule has 5 N–H and O–H groups in total. The maximum atomic E-state index is 12.9. The highest BCUT2D eigenvalue weighted by Crippen LogP contribution is 2.44. The van der Waals surface area contributed by atoms with Crippen molar-refractivity contribution in [2.24, 2.45) is 0 Å². The third kappa shape index (κ3) is 14.4. The van der Waals surface area contributed by atoms with Gasteiger partial charge in [0.1, 0.15) is 24.3 Å². The number of unbranched alkanes of at least 4 members (excludes halogenated alkanes) is 1. The van der Waals surface area contributed by atoms with E-state index in [0.29, 0.717) is 87.1 Å². The molecule has 1 aromatic heterocycles. The first kappa shape index (κ1) is 66.5. The minimum atomic E-state index is -1.66. The zero-order chi connectivity index (χ0) is 66.2. The summed E-state index contributed by atoms with van der Waals surface area (Å²) in [5.41, 5.74) is 12.7. The number of ketones is 1. The second-order valence-corrected chi connectivity index (χ2v) is 25.0. The third-order valence-corrected chi connectivity index (χ3v) is 18.8. The number of hydrogen-bond donors (Lipinski definition) is 5. The van der Waals surface area contributed by atoms with Gasteiger partial charge in [-0.3, -0.25) is 19.4 Å². The summed E-state index contributed by atoms with van der Waals surface area (Å²) in [6, 6.07) is 61.5. The van der Waals surface area contributed by atoms with Crippen molar-refractivity contribution in [2.45, 2.75) is 93.4 Å². The van der Waals surface area contributed by atoms with E-state index >= 15 is 0 Å². The van der Waals surface area contributed by atoms with Crippen molar-refractivity contribution in [3.63, 3.8) is 0 Å². The summed E-state index contributed by atoms with van der Waals surface area (Å²) in [5.74, 6) is -0.147. The molecule has 10 aromatic carbocycles. The Hall–Kier alpha value is -8.98. The maximum absolute atomic E-state index is 12.9. The van der Waals surface area contributed by atoms with Crippen LogP contribution in [0.25, 0.3) is 87.3 Å². The summed E-state index contributed by atoms with van der Waals surface area (Å²) in [6.45, 7) is 27.0. The zero-order valence-electron chi connectivity index (χ0n) is 55.2. The van der Waals surface area contributed by atoms with E-state index in [1.165, 1.54) is 11.0 Å². The van der Waals surface area contributed by atoms with Crippen molar-refractivity contribution in [1.82, 2.24) is 19.7 Å². The molecule has 0 fully saturated rings. The Bertz CT molecular complexity index is 4720. The lowest BCUT2D eigenvalue weighted by molar-refractivity contribution is -0.117. The van der Waals surface area contributed by atoms with Crippen LogP contribution in [0.5, 0.6) is 0 Å². The minimum absolute atomic E-state index is 0.0485. The molecule has 0 bridgehead atoms. The van der Waals surface area contributed by atoms with Gasteiger partial charge in [-0.25, -0.2) is 4.58 Å². The summed E-state index contributed by atoms with van der Waals surface area (Å²) in [4.78, 5) is 32.6. The van der Waals surface area contributed by atoms with E-state index in [9.17, 15) is 29.7 Å². The van der Waals surface area contributed by atoms with Crippen LogP contribution in [0.4, 0.5) is 5.69 Å². The van der Waals surface area contributed by atoms with E-state index in [0.717, 1.165) is 142 Å². The molecule has 0 atom stereocenters. The van der Waals surface area contributed by atoms with Crippen molar-refractivity contribution < 1.29 is 34.1 Å². The number of carbonyl (C=O) groups excluding carboxylic acids is 2. The first-order valence-corrected chi connectivity index (χ1v) is 33.3. The Morgan fingerprint density at radius 3 is 1.56 bits per heavy atom. The van der Waals surface area contributed by atoms with Crippen molar-refractivity contribution in [3.05, 3.63) is 228 Å². The number of benzene rings is 10. The Morgan fingerprint density at radius 2 is 1.00 bits per heavy atom. The molecule has 0 aliphatic heterocycles. The van der Waals surface area contributed by atoms with Crippen LogP contribution >= 0.6 is 0 Å². The van der Waals surface area contributed by atoms with Gasteiger partial charge in [0.05, 0.1) is 0 Å². The van der Waals surface area contributed by atoms with Gasteiger partial charge in [-0.15, -0.1) is 0 Å². The van der Waals surface area contributed by atoms with Crippen LogP contribution in [0.2, 0.25) is 0 Å². The molecule has 94 heavy (non-hydrogen) atoms. The lowest BCUT2D eigenvalue weighted by Gasteiger charge is -2.28. The summed E-state index contributed by atoms with van der Waals surface area (Å²) >= 11 is 0. The fourth-order valence-corrected chi connectivity index (χ4v) is 13.7. The molecule has 0 saturated carbocycles. The van der Waals surface area contributed by atoms with E-state index in [1.54, 1.807) is 26.0 Å². The number of allylic oxidation sites excluding steroid dienone is 1. The predicted molar refractivity (Wildman–Crippen MR) is 391 cm³/mol. The van der Waals surface area contributed by atoms with Gasteiger partial charge in [-0.05, 0) is 198 Å². The van der Waals surface area contributed by atoms with E-state index in [1.807, 2.05) is 36.4 Å². The van der Waals surface area contributed by atoms with Crippen molar-refractivity contribution in [1.29, 1.82) is 0 Å². The van der Waals surface area contributed by atoms with Crippen molar-refractivity contribution in [3.8, 4) is 22.3 Å². The van der Waals surface area contributed by atoms with Crippen LogP contribution in [0.3, 0.4) is 0 Å². The molecular weight excluding hydrogens is 1160 g/mol. The molecule has 0 radical (unpaired) electrons. The Morgan fingerprint density at radius 1 is 0.500 bits per heavy atom. The molecule has 0 saturated heterocycles. The number of anilines is 1. The van der Waals surface area contributed by atoms with E-state index in [4.69, 9.17) is 4.42 Å². The highest BCUT2D eigenvalue weighted by atomic mass is 16.4. The summed E-state index contributed by atoms with van der Waals surface area (Å²) in [5, 5.41) is 57.4. The Kier molecular flexibility index (Phi) is 21.2. The molecule has 0 aliphatic rings. The Labute approximate surface area is 552 Å². The van der Waals surface area contributed by atoms with E-state index in [2.05, 4.69) is 193 Å². The number of carbonyl (C=O) groups is 2. The average Bonchev–Trinajstić information content (AvgIpc) is 0.746. The van der Waals surface area contributed by atoms with E-state index < -0.39 is 14.2 Å². The SMILES string of the molecule is C=C(C)C(=O)CCCCN(Cc1ccccc1B(O)O)Cc1c2ccccc2c(CN(CCCNC(=O)C(=C)C)Cc2ccccc2B(O)O)c2ccc(-c3ccc(-c4c5ccc6cc(N(CC)CC)ccc6c5oc5c4ccc4cc(=[N+](CC)CC)ccc45)cc3)cc12. The first-order chi connectivity index (χ1) is 45.6. The summed E-state index contributed by atoms with van der Waals surface area (Å²) < 4.78 is 9.62. The monoisotopic (exact) mass is 1250 g/mol. The van der Waals surface area contributed by atoms with E-state index in [-0.39, 0.29) is 11.7 Å². The summed E-state index contributed by atoms with van der Waals surface area (Å²) in [6.07, 6.45) is 2.41. The quantitative estimate of drug-likeness (QED) is 0.00800. The second-order valence-electron chi connectivity index (χ2n) is 25.0. The van der Waals surface area contributed by atoms with Crippen LogP contribution in [-0.2, 0) is 35.8 Å². The molecule has 12 nitrogen and oxygen atoms in total.